The maximum atomic E-state index is 2.90. The van der Waals surface area contributed by atoms with Gasteiger partial charge in [-0.3, -0.25) is 0 Å². The van der Waals surface area contributed by atoms with Crippen molar-refractivity contribution in [3.8, 4) is 0 Å². The van der Waals surface area contributed by atoms with E-state index < -0.39 is 21.3 Å². The Labute approximate surface area is 263 Å². The summed E-state index contributed by atoms with van der Waals surface area (Å²) in [4.78, 5) is 0. The van der Waals surface area contributed by atoms with Crippen LogP contribution in [0.15, 0.2) is 60.7 Å². The van der Waals surface area contributed by atoms with Crippen molar-refractivity contribution in [2.45, 2.75) is 110 Å². The van der Waals surface area contributed by atoms with Gasteiger partial charge in [0.15, 0.2) is 0 Å². The number of rotatable bonds is 4. The summed E-state index contributed by atoms with van der Waals surface area (Å²) in [5.74, 6) is 1.60. The molecular weight excluding hydrogens is 607 g/mol. The fourth-order valence-electron chi connectivity index (χ4n) is 8.91. The van der Waals surface area contributed by atoms with Gasteiger partial charge in [0.25, 0.3) is 0 Å². The zero-order valence-electron chi connectivity index (χ0n) is 24.2. The Morgan fingerprint density at radius 2 is 0.875 bits per heavy atom. The van der Waals surface area contributed by atoms with Gasteiger partial charge in [0.05, 0.1) is 0 Å². The smallest absolute Gasteiger partial charge is 1.00 e. The Bertz CT molecular complexity index is 1160. The van der Waals surface area contributed by atoms with Crippen LogP contribution >= 0.6 is 0 Å². The van der Waals surface area contributed by atoms with Crippen LogP contribution in [0.2, 0.25) is 0 Å². The second-order valence-electron chi connectivity index (χ2n) is 13.0. The molecular formula is C37H46Cl2Zr. The van der Waals surface area contributed by atoms with Crippen molar-refractivity contribution in [1.29, 1.82) is 0 Å². The number of allylic oxidation sites excluding steroid dienone is 4. The molecule has 0 heterocycles. The standard InChI is InChI=1S/2C16H19.C5H8.2ClH.Zr/c2*1-2-4-8-13(7-3-1)16-12-11-14-9-5-6-10-15(14)16;1-2-4-5-3-1;;;/h2*5-6,9-13H,1-4,7-8H2;1-4H2;2*1H;/q;;;;;+2/p-2. The van der Waals surface area contributed by atoms with Crippen molar-refractivity contribution in [1.82, 2.24) is 0 Å². The SMILES string of the molecule is C1=C(C2CCCCCC2)c2ccccc2[CH]1[Zr+2](=[C]1CCCC1)[CH]1C=C(C2CCCCCC2)c2ccccc21.[Cl-].[Cl-]. The third-order valence-corrected chi connectivity index (χ3v) is 19.7. The van der Waals surface area contributed by atoms with E-state index in [2.05, 4.69) is 63.9 Å². The molecule has 0 aliphatic heterocycles. The van der Waals surface area contributed by atoms with E-state index >= 15 is 0 Å². The molecule has 3 fully saturated rings. The summed E-state index contributed by atoms with van der Waals surface area (Å²) in [5, 5.41) is 0. The molecule has 2 unspecified atom stereocenters. The van der Waals surface area contributed by atoms with Gasteiger partial charge in [-0.25, -0.2) is 0 Å². The number of hydrogen-bond acceptors (Lipinski definition) is 0. The summed E-state index contributed by atoms with van der Waals surface area (Å²) >= 11 is -2.11. The molecule has 5 aliphatic carbocycles. The molecule has 7 rings (SSSR count). The van der Waals surface area contributed by atoms with Crippen molar-refractivity contribution in [2.75, 3.05) is 0 Å². The molecule has 212 valence electrons. The fraction of sp³-hybridized carbons (Fsp3) is 0.541. The minimum absolute atomic E-state index is 0. The summed E-state index contributed by atoms with van der Waals surface area (Å²) < 4.78 is 3.55. The van der Waals surface area contributed by atoms with Gasteiger partial charge in [0, 0.05) is 0 Å². The molecule has 2 atom stereocenters. The Morgan fingerprint density at radius 3 is 1.30 bits per heavy atom. The first-order chi connectivity index (χ1) is 18.9. The maximum Gasteiger partial charge on any atom is -1.00 e. The largest absolute Gasteiger partial charge is 1.00 e. The van der Waals surface area contributed by atoms with Crippen LogP contribution in [-0.4, -0.2) is 3.21 Å². The van der Waals surface area contributed by atoms with Gasteiger partial charge in [0.2, 0.25) is 0 Å². The molecule has 0 amide bonds. The quantitative estimate of drug-likeness (QED) is 0.425. The van der Waals surface area contributed by atoms with Gasteiger partial charge in [0.1, 0.15) is 0 Å². The molecule has 0 aromatic heterocycles. The third kappa shape index (κ3) is 6.01. The molecule has 0 spiro atoms. The van der Waals surface area contributed by atoms with Crippen LogP contribution < -0.4 is 24.8 Å². The molecule has 0 N–H and O–H groups in total. The summed E-state index contributed by atoms with van der Waals surface area (Å²) in [5.41, 5.74) is 10.3. The van der Waals surface area contributed by atoms with E-state index in [0.717, 1.165) is 19.1 Å². The van der Waals surface area contributed by atoms with Crippen molar-refractivity contribution < 1.29 is 46.1 Å². The van der Waals surface area contributed by atoms with Crippen LogP contribution in [0.25, 0.3) is 11.1 Å². The average Bonchev–Trinajstić information content (AvgIpc) is 3.57. The van der Waals surface area contributed by atoms with E-state index in [0.29, 0.717) is 0 Å². The first-order valence-electron chi connectivity index (χ1n) is 16.2. The first kappa shape index (κ1) is 30.7. The normalized spacial score (nSPS) is 24.8. The van der Waals surface area contributed by atoms with Gasteiger partial charge in [-0.05, 0) is 0 Å². The number of halogens is 2. The zero-order valence-corrected chi connectivity index (χ0v) is 28.1. The Hall–Kier alpha value is -0.747. The minimum Gasteiger partial charge on any atom is -1.00 e. The summed E-state index contributed by atoms with van der Waals surface area (Å²) in [6.07, 6.45) is 28.7. The van der Waals surface area contributed by atoms with Gasteiger partial charge >= 0.3 is 240 Å². The monoisotopic (exact) mass is 650 g/mol. The Balaban J connectivity index is 0.00000161. The minimum atomic E-state index is -2.11. The van der Waals surface area contributed by atoms with E-state index in [9.17, 15) is 0 Å². The van der Waals surface area contributed by atoms with E-state index in [1.165, 1.54) is 103 Å². The summed E-state index contributed by atoms with van der Waals surface area (Å²) in [6, 6.07) is 19.5. The van der Waals surface area contributed by atoms with Crippen molar-refractivity contribution in [2.24, 2.45) is 11.8 Å². The van der Waals surface area contributed by atoms with Gasteiger partial charge < -0.3 is 24.8 Å². The van der Waals surface area contributed by atoms with Crippen molar-refractivity contribution in [3.05, 3.63) is 82.9 Å². The van der Waals surface area contributed by atoms with Gasteiger partial charge in [-0.15, -0.1) is 0 Å². The molecule has 0 saturated heterocycles. The van der Waals surface area contributed by atoms with Crippen LogP contribution in [-0.2, 0) is 21.3 Å². The molecule has 3 heteroatoms. The molecule has 0 radical (unpaired) electrons. The van der Waals surface area contributed by atoms with Crippen LogP contribution in [0.3, 0.4) is 0 Å². The molecule has 5 aliphatic rings. The molecule has 2 aromatic carbocycles. The van der Waals surface area contributed by atoms with E-state index in [4.69, 9.17) is 0 Å². The number of fused-ring (bicyclic) bond motifs is 2. The Morgan fingerprint density at radius 1 is 0.475 bits per heavy atom. The molecule has 0 nitrogen and oxygen atoms in total. The second kappa shape index (κ2) is 14.1. The van der Waals surface area contributed by atoms with Crippen LogP contribution in [0.4, 0.5) is 0 Å². The summed E-state index contributed by atoms with van der Waals surface area (Å²) in [6.45, 7) is 0. The maximum absolute atomic E-state index is 2.90. The number of hydrogen-bond donors (Lipinski definition) is 0. The number of benzene rings is 2. The van der Waals surface area contributed by atoms with Crippen LogP contribution in [0, 0.1) is 11.8 Å². The van der Waals surface area contributed by atoms with Crippen molar-refractivity contribution >= 4 is 14.4 Å². The van der Waals surface area contributed by atoms with Gasteiger partial charge in [-0.1, -0.05) is 0 Å². The third-order valence-electron chi connectivity index (χ3n) is 10.8. The second-order valence-corrected chi connectivity index (χ2v) is 20.1. The Kier molecular flexibility index (Phi) is 10.9. The molecule has 2 aromatic rings. The van der Waals surface area contributed by atoms with E-state index in [-0.39, 0.29) is 24.8 Å². The topological polar surface area (TPSA) is 0 Å². The van der Waals surface area contributed by atoms with E-state index in [1.54, 1.807) is 33.4 Å². The van der Waals surface area contributed by atoms with E-state index in [1.807, 2.05) is 0 Å². The van der Waals surface area contributed by atoms with Crippen LogP contribution in [0.5, 0.6) is 0 Å². The molecule has 0 bridgehead atoms. The molecule has 40 heavy (non-hydrogen) atoms. The first-order valence-corrected chi connectivity index (χ1v) is 20.3. The van der Waals surface area contributed by atoms with Crippen LogP contribution in [0.1, 0.15) is 132 Å². The predicted octanol–water partition coefficient (Wildman–Crippen LogP) is 4.58. The van der Waals surface area contributed by atoms with Gasteiger partial charge in [-0.2, -0.15) is 0 Å². The fourth-order valence-corrected chi connectivity index (χ4v) is 19.0. The average molecular weight is 653 g/mol. The molecule has 3 saturated carbocycles. The zero-order chi connectivity index (χ0) is 25.3. The van der Waals surface area contributed by atoms with Crippen molar-refractivity contribution in [3.63, 3.8) is 0 Å². The summed E-state index contributed by atoms with van der Waals surface area (Å²) in [7, 11) is 0. The predicted molar refractivity (Wildman–Crippen MR) is 160 cm³/mol.